The minimum atomic E-state index is -0.135. The molecule has 0 amide bonds. The molecular weight excluding hydrogens is 451 g/mol. The zero-order valence-electron chi connectivity index (χ0n) is 14.7. The fraction of sp³-hybridized carbons (Fsp3) is 0.174. The SMILES string of the molecule is O=C(c1ccccc1I)C(Cc1ccccc1)Cc1ccc2c(c1)OCO2. The van der Waals surface area contributed by atoms with E-state index in [9.17, 15) is 4.79 Å². The van der Waals surface area contributed by atoms with Gasteiger partial charge in [0.1, 0.15) is 0 Å². The van der Waals surface area contributed by atoms with Gasteiger partial charge in [0.05, 0.1) is 0 Å². The summed E-state index contributed by atoms with van der Waals surface area (Å²) in [6.45, 7) is 0.257. The number of rotatable bonds is 6. The van der Waals surface area contributed by atoms with Crippen molar-refractivity contribution >= 4 is 28.4 Å². The number of benzene rings is 3. The first-order chi connectivity index (χ1) is 13.2. The summed E-state index contributed by atoms with van der Waals surface area (Å²) in [6, 6.07) is 23.9. The maximum Gasteiger partial charge on any atom is 0.231 e. The van der Waals surface area contributed by atoms with Crippen molar-refractivity contribution in [2.45, 2.75) is 12.8 Å². The Morgan fingerprint density at radius 3 is 2.37 bits per heavy atom. The van der Waals surface area contributed by atoms with Gasteiger partial charge in [-0.05, 0) is 64.8 Å². The highest BCUT2D eigenvalue weighted by Crippen LogP contribution is 2.34. The average molecular weight is 470 g/mol. The lowest BCUT2D eigenvalue weighted by Gasteiger charge is -2.17. The second-order valence-electron chi connectivity index (χ2n) is 6.62. The van der Waals surface area contributed by atoms with E-state index in [1.807, 2.05) is 60.7 Å². The summed E-state index contributed by atoms with van der Waals surface area (Å²) < 4.78 is 11.9. The number of Topliss-reactive ketones (excluding diaryl/α,β-unsaturated/α-hetero) is 1. The van der Waals surface area contributed by atoms with E-state index in [4.69, 9.17) is 9.47 Å². The molecule has 136 valence electrons. The van der Waals surface area contributed by atoms with Crippen LogP contribution in [0, 0.1) is 9.49 Å². The molecule has 0 aromatic heterocycles. The smallest absolute Gasteiger partial charge is 0.231 e. The van der Waals surface area contributed by atoms with Crippen LogP contribution in [0.3, 0.4) is 0 Å². The number of carbonyl (C=O) groups is 1. The fourth-order valence-electron chi connectivity index (χ4n) is 3.39. The average Bonchev–Trinajstić information content (AvgIpc) is 3.16. The van der Waals surface area contributed by atoms with Crippen LogP contribution in [0.5, 0.6) is 11.5 Å². The molecule has 0 fully saturated rings. The van der Waals surface area contributed by atoms with Gasteiger partial charge in [-0.1, -0.05) is 54.6 Å². The van der Waals surface area contributed by atoms with E-state index in [0.29, 0.717) is 12.8 Å². The highest BCUT2D eigenvalue weighted by molar-refractivity contribution is 14.1. The third-order valence-electron chi connectivity index (χ3n) is 4.75. The maximum absolute atomic E-state index is 13.3. The van der Waals surface area contributed by atoms with Crippen molar-refractivity contribution in [1.82, 2.24) is 0 Å². The molecule has 1 aliphatic heterocycles. The zero-order chi connectivity index (χ0) is 18.6. The van der Waals surface area contributed by atoms with Crippen LogP contribution in [0.25, 0.3) is 0 Å². The van der Waals surface area contributed by atoms with Crippen molar-refractivity contribution in [3.8, 4) is 11.5 Å². The highest BCUT2D eigenvalue weighted by Gasteiger charge is 2.24. The summed E-state index contributed by atoms with van der Waals surface area (Å²) in [5, 5.41) is 0. The molecule has 1 aliphatic rings. The zero-order valence-corrected chi connectivity index (χ0v) is 16.9. The van der Waals surface area contributed by atoms with E-state index in [2.05, 4.69) is 34.7 Å². The number of fused-ring (bicyclic) bond motifs is 1. The van der Waals surface area contributed by atoms with Gasteiger partial charge in [-0.2, -0.15) is 0 Å². The van der Waals surface area contributed by atoms with Crippen LogP contribution in [0.2, 0.25) is 0 Å². The van der Waals surface area contributed by atoms with Gasteiger partial charge in [-0.15, -0.1) is 0 Å². The molecule has 0 bridgehead atoms. The van der Waals surface area contributed by atoms with Crippen molar-refractivity contribution in [3.63, 3.8) is 0 Å². The van der Waals surface area contributed by atoms with E-state index < -0.39 is 0 Å². The molecular formula is C23H19IO3. The Morgan fingerprint density at radius 2 is 1.56 bits per heavy atom. The summed E-state index contributed by atoms with van der Waals surface area (Å²) in [7, 11) is 0. The number of ketones is 1. The summed E-state index contributed by atoms with van der Waals surface area (Å²) in [5.41, 5.74) is 3.04. The van der Waals surface area contributed by atoms with E-state index in [1.165, 1.54) is 5.56 Å². The van der Waals surface area contributed by atoms with Gasteiger partial charge in [0, 0.05) is 15.1 Å². The van der Waals surface area contributed by atoms with Crippen LogP contribution in [-0.4, -0.2) is 12.6 Å². The molecule has 27 heavy (non-hydrogen) atoms. The van der Waals surface area contributed by atoms with Crippen LogP contribution in [-0.2, 0) is 12.8 Å². The predicted molar refractivity (Wildman–Crippen MR) is 113 cm³/mol. The van der Waals surface area contributed by atoms with Crippen LogP contribution >= 0.6 is 22.6 Å². The monoisotopic (exact) mass is 470 g/mol. The Hall–Kier alpha value is -2.34. The number of carbonyl (C=O) groups excluding carboxylic acids is 1. The fourth-order valence-corrected chi connectivity index (χ4v) is 4.04. The van der Waals surface area contributed by atoms with E-state index in [0.717, 1.165) is 26.2 Å². The van der Waals surface area contributed by atoms with Gasteiger partial charge in [0.2, 0.25) is 6.79 Å². The molecule has 0 radical (unpaired) electrons. The number of hydrogen-bond donors (Lipinski definition) is 0. The number of ether oxygens (including phenoxy) is 2. The standard InChI is InChI=1S/C23H19IO3/c24-20-9-5-4-8-19(20)23(25)18(12-16-6-2-1-3-7-16)13-17-10-11-21-22(14-17)27-15-26-21/h1-11,14,18H,12-13,15H2. The molecule has 1 atom stereocenters. The number of halogens is 1. The van der Waals surface area contributed by atoms with E-state index in [1.54, 1.807) is 0 Å². The predicted octanol–water partition coefficient (Wildman–Crippen LogP) is 5.30. The maximum atomic E-state index is 13.3. The Morgan fingerprint density at radius 1 is 0.852 bits per heavy atom. The van der Waals surface area contributed by atoms with Crippen molar-refractivity contribution in [2.75, 3.05) is 6.79 Å². The Labute approximate surface area is 172 Å². The molecule has 3 aromatic rings. The highest BCUT2D eigenvalue weighted by atomic mass is 127. The molecule has 1 unspecified atom stereocenters. The van der Waals surface area contributed by atoms with Gasteiger partial charge in [0.25, 0.3) is 0 Å². The largest absolute Gasteiger partial charge is 0.454 e. The van der Waals surface area contributed by atoms with Crippen molar-refractivity contribution in [3.05, 3.63) is 93.1 Å². The topological polar surface area (TPSA) is 35.5 Å². The summed E-state index contributed by atoms with van der Waals surface area (Å²) in [4.78, 5) is 13.3. The van der Waals surface area contributed by atoms with Crippen LogP contribution in [0.1, 0.15) is 21.5 Å². The van der Waals surface area contributed by atoms with Crippen LogP contribution < -0.4 is 9.47 Å². The first kappa shape index (κ1) is 18.0. The third kappa shape index (κ3) is 4.16. The quantitative estimate of drug-likeness (QED) is 0.362. The third-order valence-corrected chi connectivity index (χ3v) is 5.69. The molecule has 0 saturated heterocycles. The number of hydrogen-bond acceptors (Lipinski definition) is 3. The van der Waals surface area contributed by atoms with E-state index in [-0.39, 0.29) is 18.5 Å². The first-order valence-corrected chi connectivity index (χ1v) is 10.00. The minimum Gasteiger partial charge on any atom is -0.454 e. The van der Waals surface area contributed by atoms with Gasteiger partial charge in [0.15, 0.2) is 17.3 Å². The molecule has 0 aliphatic carbocycles. The molecule has 0 saturated carbocycles. The van der Waals surface area contributed by atoms with Crippen molar-refractivity contribution < 1.29 is 14.3 Å². The molecule has 4 heteroatoms. The minimum absolute atomic E-state index is 0.135. The summed E-state index contributed by atoms with van der Waals surface area (Å²) in [6.07, 6.45) is 1.37. The van der Waals surface area contributed by atoms with Gasteiger partial charge < -0.3 is 9.47 Å². The first-order valence-electron chi connectivity index (χ1n) is 8.92. The molecule has 0 spiro atoms. The molecule has 3 nitrogen and oxygen atoms in total. The van der Waals surface area contributed by atoms with Gasteiger partial charge >= 0.3 is 0 Å². The summed E-state index contributed by atoms with van der Waals surface area (Å²) >= 11 is 2.24. The Bertz CT molecular complexity index is 953. The lowest BCUT2D eigenvalue weighted by atomic mass is 9.86. The van der Waals surface area contributed by atoms with Crippen molar-refractivity contribution in [1.29, 1.82) is 0 Å². The molecule has 0 N–H and O–H groups in total. The second-order valence-corrected chi connectivity index (χ2v) is 7.78. The summed E-state index contributed by atoms with van der Waals surface area (Å²) in [5.74, 6) is 1.57. The normalized spacial score (nSPS) is 13.4. The van der Waals surface area contributed by atoms with Crippen molar-refractivity contribution in [2.24, 2.45) is 5.92 Å². The lowest BCUT2D eigenvalue weighted by molar-refractivity contribution is 0.0917. The van der Waals surface area contributed by atoms with Crippen LogP contribution in [0.15, 0.2) is 72.8 Å². The Balaban J connectivity index is 1.63. The van der Waals surface area contributed by atoms with Gasteiger partial charge in [-0.3, -0.25) is 4.79 Å². The van der Waals surface area contributed by atoms with Gasteiger partial charge in [-0.25, -0.2) is 0 Å². The molecule has 3 aromatic carbocycles. The Kier molecular flexibility index (Phi) is 5.43. The van der Waals surface area contributed by atoms with E-state index >= 15 is 0 Å². The molecule has 1 heterocycles. The lowest BCUT2D eigenvalue weighted by Crippen LogP contribution is -2.21. The van der Waals surface area contributed by atoms with Crippen LogP contribution in [0.4, 0.5) is 0 Å². The second kappa shape index (κ2) is 8.13. The molecule has 4 rings (SSSR count).